The molecule has 0 aliphatic carbocycles. The van der Waals surface area contributed by atoms with E-state index in [9.17, 15) is 13.2 Å². The molecule has 0 spiro atoms. The molecule has 0 saturated heterocycles. The van der Waals surface area contributed by atoms with E-state index in [1.807, 2.05) is 0 Å². The van der Waals surface area contributed by atoms with Crippen molar-refractivity contribution in [1.82, 2.24) is 0 Å². The maximum Gasteiger partial charge on any atom is 0.343 e. The molecule has 8 heteroatoms. The first kappa shape index (κ1) is 21.2. The number of sulfonamides is 1. The number of esters is 1. The van der Waals surface area contributed by atoms with Crippen LogP contribution in [0.25, 0.3) is 0 Å². The minimum Gasteiger partial charge on any atom is -0.497 e. The Bertz CT molecular complexity index is 1130. The first-order chi connectivity index (χ1) is 14.3. The van der Waals surface area contributed by atoms with Gasteiger partial charge in [0.2, 0.25) is 0 Å². The second-order valence-electron chi connectivity index (χ2n) is 6.26. The van der Waals surface area contributed by atoms with Crippen LogP contribution in [0, 0.1) is 0 Å². The van der Waals surface area contributed by atoms with Crippen molar-refractivity contribution in [3.8, 4) is 17.2 Å². The van der Waals surface area contributed by atoms with Crippen molar-refractivity contribution in [2.75, 3.05) is 25.6 Å². The van der Waals surface area contributed by atoms with Gasteiger partial charge in [-0.15, -0.1) is 0 Å². The summed E-state index contributed by atoms with van der Waals surface area (Å²) in [5, 5.41) is 0. The summed E-state index contributed by atoms with van der Waals surface area (Å²) in [7, 11) is 0.634. The summed E-state index contributed by atoms with van der Waals surface area (Å²) in [5.41, 5.74) is 0.581. The number of rotatable bonds is 7. The van der Waals surface area contributed by atoms with E-state index >= 15 is 0 Å². The molecule has 0 fully saturated rings. The zero-order valence-corrected chi connectivity index (χ0v) is 17.5. The number of carbonyl (C=O) groups is 1. The van der Waals surface area contributed by atoms with Gasteiger partial charge in [0.15, 0.2) is 0 Å². The first-order valence-electron chi connectivity index (χ1n) is 8.94. The number of carbonyl (C=O) groups excluding carboxylic acids is 1. The van der Waals surface area contributed by atoms with Crippen molar-refractivity contribution >= 4 is 21.7 Å². The van der Waals surface area contributed by atoms with Gasteiger partial charge < -0.3 is 14.2 Å². The van der Waals surface area contributed by atoms with Crippen molar-refractivity contribution in [3.63, 3.8) is 0 Å². The van der Waals surface area contributed by atoms with Crippen molar-refractivity contribution in [2.45, 2.75) is 4.90 Å². The number of nitrogens with zero attached hydrogens (tertiary/aromatic N) is 1. The Kier molecular flexibility index (Phi) is 6.27. The van der Waals surface area contributed by atoms with Gasteiger partial charge >= 0.3 is 5.97 Å². The van der Waals surface area contributed by atoms with Crippen molar-refractivity contribution in [1.29, 1.82) is 0 Å². The Morgan fingerprint density at radius 1 is 0.800 bits per heavy atom. The average molecular weight is 427 g/mol. The second kappa shape index (κ2) is 8.87. The minimum absolute atomic E-state index is 0.0231. The molecule has 3 aromatic rings. The molecule has 0 N–H and O–H groups in total. The van der Waals surface area contributed by atoms with Crippen LogP contribution < -0.4 is 18.5 Å². The van der Waals surface area contributed by atoms with Crippen LogP contribution in [0.5, 0.6) is 17.2 Å². The van der Waals surface area contributed by atoms with Crippen LogP contribution in [-0.2, 0) is 10.0 Å². The topological polar surface area (TPSA) is 82.1 Å². The van der Waals surface area contributed by atoms with Gasteiger partial charge in [-0.25, -0.2) is 13.2 Å². The minimum atomic E-state index is -3.88. The Morgan fingerprint density at radius 3 is 1.90 bits per heavy atom. The molecule has 7 nitrogen and oxygen atoms in total. The number of methoxy groups -OCH3 is 2. The lowest BCUT2D eigenvalue weighted by molar-refractivity contribution is 0.0734. The molecule has 0 aliphatic heterocycles. The zero-order valence-electron chi connectivity index (χ0n) is 16.7. The number of hydrogen-bond donors (Lipinski definition) is 0. The van der Waals surface area contributed by atoms with Crippen LogP contribution in [-0.4, -0.2) is 35.7 Å². The lowest BCUT2D eigenvalue weighted by atomic mass is 10.2. The van der Waals surface area contributed by atoms with E-state index in [-0.39, 0.29) is 10.5 Å². The van der Waals surface area contributed by atoms with Crippen LogP contribution in [0.3, 0.4) is 0 Å². The fourth-order valence-electron chi connectivity index (χ4n) is 2.68. The Labute approximate surface area is 175 Å². The summed E-state index contributed by atoms with van der Waals surface area (Å²) >= 11 is 0. The van der Waals surface area contributed by atoms with Crippen LogP contribution in [0.1, 0.15) is 10.4 Å². The lowest BCUT2D eigenvalue weighted by Gasteiger charge is -2.20. The summed E-state index contributed by atoms with van der Waals surface area (Å²) in [6.45, 7) is 0. The maximum atomic E-state index is 13.0. The van der Waals surface area contributed by atoms with Gasteiger partial charge in [0.1, 0.15) is 17.2 Å². The van der Waals surface area contributed by atoms with Crippen LogP contribution in [0.4, 0.5) is 5.69 Å². The van der Waals surface area contributed by atoms with Gasteiger partial charge in [0, 0.05) is 7.05 Å². The smallest absolute Gasteiger partial charge is 0.343 e. The lowest BCUT2D eigenvalue weighted by Crippen LogP contribution is -2.26. The number of benzene rings is 3. The fraction of sp³-hybridized carbons (Fsp3) is 0.136. The van der Waals surface area contributed by atoms with Crippen LogP contribution >= 0.6 is 0 Å². The average Bonchev–Trinajstić information content (AvgIpc) is 2.79. The van der Waals surface area contributed by atoms with E-state index in [0.29, 0.717) is 22.9 Å². The van der Waals surface area contributed by atoms with Gasteiger partial charge in [-0.05, 0) is 66.7 Å². The van der Waals surface area contributed by atoms with Crippen molar-refractivity contribution in [3.05, 3.63) is 78.4 Å². The Morgan fingerprint density at radius 2 is 1.33 bits per heavy atom. The van der Waals surface area contributed by atoms with E-state index in [2.05, 4.69) is 0 Å². The largest absolute Gasteiger partial charge is 0.497 e. The molecule has 0 amide bonds. The van der Waals surface area contributed by atoms with Crippen molar-refractivity contribution in [2.24, 2.45) is 0 Å². The monoisotopic (exact) mass is 427 g/mol. The highest BCUT2D eigenvalue weighted by molar-refractivity contribution is 7.92. The summed E-state index contributed by atoms with van der Waals surface area (Å²) in [6.07, 6.45) is 0. The molecular formula is C22H21NO6S. The highest BCUT2D eigenvalue weighted by atomic mass is 32.2. The molecule has 0 aliphatic rings. The Balaban J connectivity index is 1.82. The quantitative estimate of drug-likeness (QED) is 0.422. The molecule has 30 heavy (non-hydrogen) atoms. The SMILES string of the molecule is COc1ccc(OC(=O)c2cccc(S(=O)(=O)N(C)c3ccc(OC)cc3)c2)cc1. The number of anilines is 1. The summed E-state index contributed by atoms with van der Waals surface area (Å²) in [4.78, 5) is 12.5. The summed E-state index contributed by atoms with van der Waals surface area (Å²) in [5.74, 6) is 0.908. The van der Waals surface area contributed by atoms with E-state index in [1.54, 1.807) is 48.5 Å². The second-order valence-corrected chi connectivity index (χ2v) is 8.23. The number of ether oxygens (including phenoxy) is 3. The molecule has 3 aromatic carbocycles. The first-order valence-corrected chi connectivity index (χ1v) is 10.4. The van der Waals surface area contributed by atoms with Crippen LogP contribution in [0.2, 0.25) is 0 Å². The molecule has 0 radical (unpaired) electrons. The molecular weight excluding hydrogens is 406 g/mol. The zero-order chi connectivity index (χ0) is 21.7. The fourth-order valence-corrected chi connectivity index (χ4v) is 3.92. The third kappa shape index (κ3) is 4.55. The molecule has 0 aromatic heterocycles. The van der Waals surface area contributed by atoms with Gasteiger partial charge in [0.25, 0.3) is 10.0 Å². The predicted molar refractivity (Wildman–Crippen MR) is 113 cm³/mol. The summed E-state index contributed by atoms with van der Waals surface area (Å²) in [6, 6.07) is 18.8. The van der Waals surface area contributed by atoms with E-state index < -0.39 is 16.0 Å². The molecule has 0 unspecified atom stereocenters. The normalized spacial score (nSPS) is 10.9. The van der Waals surface area contributed by atoms with Crippen molar-refractivity contribution < 1.29 is 27.4 Å². The van der Waals surface area contributed by atoms with E-state index in [4.69, 9.17) is 14.2 Å². The van der Waals surface area contributed by atoms with Gasteiger partial charge in [0.05, 0.1) is 30.4 Å². The summed E-state index contributed by atoms with van der Waals surface area (Å²) < 4.78 is 42.7. The van der Waals surface area contributed by atoms with Gasteiger partial charge in [-0.1, -0.05) is 6.07 Å². The highest BCUT2D eigenvalue weighted by Crippen LogP contribution is 2.25. The highest BCUT2D eigenvalue weighted by Gasteiger charge is 2.23. The van der Waals surface area contributed by atoms with E-state index in [0.717, 1.165) is 4.31 Å². The third-order valence-electron chi connectivity index (χ3n) is 4.43. The third-order valence-corrected chi connectivity index (χ3v) is 6.22. The molecule has 0 atom stereocenters. The number of hydrogen-bond acceptors (Lipinski definition) is 6. The standard InChI is InChI=1S/C22H21NO6S/c1-23(17-7-9-18(27-2)10-8-17)30(25,26)21-6-4-5-16(15-21)22(24)29-20-13-11-19(28-3)12-14-20/h4-15H,1-3H3. The van der Waals surface area contributed by atoms with Crippen LogP contribution in [0.15, 0.2) is 77.7 Å². The Hall–Kier alpha value is -3.52. The molecule has 0 saturated carbocycles. The van der Waals surface area contributed by atoms with E-state index in [1.165, 1.54) is 45.5 Å². The van der Waals surface area contributed by atoms with Gasteiger partial charge in [-0.3, -0.25) is 4.31 Å². The predicted octanol–water partition coefficient (Wildman–Crippen LogP) is 3.75. The molecule has 3 rings (SSSR count). The molecule has 156 valence electrons. The molecule has 0 bridgehead atoms. The van der Waals surface area contributed by atoms with Gasteiger partial charge in [-0.2, -0.15) is 0 Å². The molecule has 0 heterocycles. The maximum absolute atomic E-state index is 13.0.